The number of allylic oxidation sites excluding steroid dienone is 2. The number of rotatable bonds is 38. The first kappa shape index (κ1) is 57.3. The average molecular weight is 958 g/mol. The molecule has 0 amide bonds. The van der Waals surface area contributed by atoms with Gasteiger partial charge in [-0.05, 0) is 124 Å². The molecule has 2 aromatic rings. The van der Waals surface area contributed by atoms with Gasteiger partial charge in [-0.2, -0.15) is 0 Å². The van der Waals surface area contributed by atoms with Gasteiger partial charge in [0, 0.05) is 22.3 Å². The van der Waals surface area contributed by atoms with Gasteiger partial charge in [-0.25, -0.2) is 4.70 Å². The van der Waals surface area contributed by atoms with Crippen LogP contribution in [-0.2, 0) is 43.7 Å². The molecule has 362 valence electrons. The molecular weight excluding hydrogens is 855 g/mol. The van der Waals surface area contributed by atoms with Crippen LogP contribution in [0, 0.1) is 0 Å². The van der Waals surface area contributed by atoms with Crippen LogP contribution >= 0.6 is 0 Å². The maximum atomic E-state index is 12.7. The van der Waals surface area contributed by atoms with Gasteiger partial charge in [0.15, 0.2) is 0 Å². The van der Waals surface area contributed by atoms with Gasteiger partial charge in [0.1, 0.15) is 0 Å². The Labute approximate surface area is 401 Å². The first-order valence-electron chi connectivity index (χ1n) is 27.6. The molecule has 1 aliphatic heterocycles. The van der Waals surface area contributed by atoms with Gasteiger partial charge >= 0.3 is 67.3 Å². The predicted octanol–water partition coefficient (Wildman–Crippen LogP) is 20.8. The van der Waals surface area contributed by atoms with Crippen LogP contribution in [0.3, 0.4) is 0 Å². The van der Waals surface area contributed by atoms with Crippen LogP contribution in [0.15, 0.2) is 47.5 Å². The van der Waals surface area contributed by atoms with E-state index in [0.29, 0.717) is 0 Å². The van der Waals surface area contributed by atoms with Gasteiger partial charge in [0.25, 0.3) is 0 Å². The van der Waals surface area contributed by atoms with Gasteiger partial charge in [-0.15, -0.1) is 0 Å². The number of nitrogens with zero attached hydrogens (tertiary/aromatic N) is 2. The molecule has 0 bridgehead atoms. The summed E-state index contributed by atoms with van der Waals surface area (Å²) in [6.07, 6.45) is 43.0. The van der Waals surface area contributed by atoms with Crippen molar-refractivity contribution in [2.75, 3.05) is 0 Å². The number of benzene rings is 2. The Balaban J connectivity index is 0.00000136. The van der Waals surface area contributed by atoms with Gasteiger partial charge in [0.05, 0.1) is 0 Å². The molecule has 0 spiro atoms. The summed E-state index contributed by atoms with van der Waals surface area (Å²) in [4.78, 5) is 3.01. The van der Waals surface area contributed by atoms with Crippen molar-refractivity contribution in [2.45, 2.75) is 283 Å². The summed E-state index contributed by atoms with van der Waals surface area (Å²) in [5.74, 6) is 0. The van der Waals surface area contributed by atoms with Gasteiger partial charge in [0.2, 0.25) is 11.4 Å². The molecule has 0 fully saturated rings. The van der Waals surface area contributed by atoms with Crippen molar-refractivity contribution < 1.29 is 22.7 Å². The molecule has 0 aromatic heterocycles. The summed E-state index contributed by atoms with van der Waals surface area (Å²) in [5, 5.41) is 0. The average Bonchev–Trinajstić information content (AvgIpc) is 3.57. The Morgan fingerprint density at radius 2 is 0.587 bits per heavy atom. The normalized spacial score (nSPS) is 12.9. The van der Waals surface area contributed by atoms with Crippen molar-refractivity contribution in [3.8, 4) is 0 Å². The van der Waals surface area contributed by atoms with E-state index >= 15 is 0 Å². The molecule has 2 nitrogen and oxygen atoms in total. The minimum atomic E-state index is 1.03. The van der Waals surface area contributed by atoms with Crippen molar-refractivity contribution in [1.82, 2.24) is 0 Å². The zero-order chi connectivity index (χ0) is 45.8. The molecule has 0 atom stereocenters. The van der Waals surface area contributed by atoms with Crippen molar-refractivity contribution in [3.05, 3.63) is 86.5 Å². The van der Waals surface area contributed by atoms with Crippen LogP contribution in [0.4, 0.5) is 0 Å². The van der Waals surface area contributed by atoms with Crippen LogP contribution in [0.25, 0.3) is 16.9 Å². The fourth-order valence-electron chi connectivity index (χ4n) is 9.04. The molecule has 0 saturated carbocycles. The van der Waals surface area contributed by atoms with Crippen LogP contribution in [-0.4, -0.2) is 4.70 Å². The maximum absolute atomic E-state index is 12.7. The Bertz CT molecular complexity index is 1520. The predicted molar refractivity (Wildman–Crippen MR) is 279 cm³/mol. The van der Waals surface area contributed by atoms with E-state index in [2.05, 4.69) is 91.8 Å². The van der Waals surface area contributed by atoms with E-state index < -0.39 is 0 Å². The van der Waals surface area contributed by atoms with E-state index in [0.717, 1.165) is 80.7 Å². The second kappa shape index (κ2) is 38.3. The third-order valence-corrected chi connectivity index (χ3v) is 15.2. The molecule has 3 heteroatoms. The van der Waals surface area contributed by atoms with Crippen LogP contribution in [0.2, 0.25) is 9.79 Å². The third kappa shape index (κ3) is 24.0. The second-order valence-corrected chi connectivity index (χ2v) is 21.4. The van der Waals surface area contributed by atoms with Gasteiger partial charge in [-0.1, -0.05) is 169 Å². The Morgan fingerprint density at radius 1 is 0.317 bits per heavy atom. The number of hydrogen-bond acceptors (Lipinski definition) is 0. The first-order valence-corrected chi connectivity index (χ1v) is 29.8. The van der Waals surface area contributed by atoms with Crippen LogP contribution in [0.1, 0.15) is 281 Å². The summed E-state index contributed by atoms with van der Waals surface area (Å²) >= 11 is 1.07. The van der Waals surface area contributed by atoms with E-state index in [1.807, 2.05) is 0 Å². The van der Waals surface area contributed by atoms with Crippen molar-refractivity contribution in [1.29, 1.82) is 0 Å². The van der Waals surface area contributed by atoms with Gasteiger partial charge < -0.3 is 5.53 Å². The summed E-state index contributed by atoms with van der Waals surface area (Å²) in [7, 11) is 0. The monoisotopic (exact) mass is 957 g/mol. The quantitative estimate of drug-likeness (QED) is 0.0364. The van der Waals surface area contributed by atoms with E-state index in [9.17, 15) is 5.53 Å². The zero-order valence-corrected chi connectivity index (χ0v) is 44.7. The number of unbranched alkanes of at least 4 members (excludes halogenated alkanes) is 20. The van der Waals surface area contributed by atoms with E-state index in [1.54, 1.807) is 4.70 Å². The Kier molecular flexibility index (Phi) is 34.8. The summed E-state index contributed by atoms with van der Waals surface area (Å²) in [6.45, 7) is 18.4. The molecule has 1 aliphatic rings. The SMILES string of the molecule is CCCCCCCCC1=C(c2cc(CCCC)cc(CCCCCCCC)c2)[N+](=[N-])C(c2cc(CCCC)cc(CCCCCCCC)c2)=C1CCCC.CCC[CH2][Pd][CH2]CCC. The summed E-state index contributed by atoms with van der Waals surface area (Å²) in [6, 6.07) is 14.8. The van der Waals surface area contributed by atoms with E-state index in [4.69, 9.17) is 0 Å². The van der Waals surface area contributed by atoms with Crippen molar-refractivity contribution in [2.24, 2.45) is 0 Å². The van der Waals surface area contributed by atoms with Gasteiger partial charge in [-0.3, -0.25) is 0 Å². The molecule has 0 aliphatic carbocycles. The van der Waals surface area contributed by atoms with Crippen molar-refractivity contribution in [3.63, 3.8) is 0 Å². The van der Waals surface area contributed by atoms with E-state index in [1.165, 1.54) is 221 Å². The van der Waals surface area contributed by atoms with Crippen molar-refractivity contribution >= 4 is 11.4 Å². The molecule has 2 aromatic carbocycles. The fourth-order valence-corrected chi connectivity index (χ4v) is 11.3. The summed E-state index contributed by atoms with van der Waals surface area (Å²) in [5.41, 5.74) is 26.0. The number of hydrogen-bond donors (Lipinski definition) is 0. The molecule has 0 unspecified atom stereocenters. The first-order chi connectivity index (χ1) is 30.9. The standard InChI is InChI=1S/C52H84N2.2C4H9.Pd/c1-7-13-19-22-25-28-33-45-37-43(31-16-10-4)39-47(41-45)51-49(35-18-12-6)50(36-30-27-24-21-15-9-3)52(54(51)53)48-40-44(32-17-11-5)38-46(42-48)34-29-26-23-20-14-8-2;2*1-3-4-2;/h37-42H,7-36H2,1-6H3;2*1,3-4H2,2H3;. The molecule has 0 N–H and O–H groups in total. The Morgan fingerprint density at radius 3 is 0.937 bits per heavy atom. The summed E-state index contributed by atoms with van der Waals surface area (Å²) < 4.78 is 1.69. The molecule has 3 rings (SSSR count). The van der Waals surface area contributed by atoms with Crippen LogP contribution in [0.5, 0.6) is 0 Å². The zero-order valence-electron chi connectivity index (χ0n) is 43.1. The van der Waals surface area contributed by atoms with E-state index in [-0.39, 0.29) is 0 Å². The number of aryl methyl sites for hydroxylation is 4. The van der Waals surface area contributed by atoms with Crippen LogP contribution < -0.4 is 0 Å². The minimum absolute atomic E-state index is 1.03. The molecule has 0 radical (unpaired) electrons. The second-order valence-electron chi connectivity index (χ2n) is 19.1. The molecule has 63 heavy (non-hydrogen) atoms. The molecule has 0 saturated heterocycles. The molecule has 1 heterocycles. The fraction of sp³-hybridized carbons (Fsp3) is 0.733. The topological polar surface area (TPSA) is 25.3 Å². The Hall–Kier alpha value is -1.82. The molecular formula is C60H102N2Pd. The third-order valence-electron chi connectivity index (χ3n) is 13.0.